The fourth-order valence-corrected chi connectivity index (χ4v) is 2.14. The molecule has 0 spiro atoms. The number of nitrogens with zero attached hydrogens (tertiary/aromatic N) is 1. The van der Waals surface area contributed by atoms with Crippen LogP contribution in [0.1, 0.15) is 23.0 Å². The number of hydrogen-bond acceptors (Lipinski definition) is 3. The molecule has 0 saturated carbocycles. The number of para-hydroxylation sites is 1. The predicted octanol–water partition coefficient (Wildman–Crippen LogP) is 2.23. The zero-order valence-electron chi connectivity index (χ0n) is 10.7. The van der Waals surface area contributed by atoms with Crippen LogP contribution < -0.4 is 0 Å². The maximum atomic E-state index is 11.9. The quantitative estimate of drug-likeness (QED) is 0.473. The topological polar surface area (TPSA) is 48.3 Å². The van der Waals surface area contributed by atoms with Gasteiger partial charge in [0.1, 0.15) is 0 Å². The molecule has 0 saturated heterocycles. The first-order chi connectivity index (χ1) is 8.56. The van der Waals surface area contributed by atoms with Crippen molar-refractivity contribution in [3.63, 3.8) is 0 Å². The summed E-state index contributed by atoms with van der Waals surface area (Å²) in [6.07, 6.45) is 0. The molecule has 1 aromatic carbocycles. The van der Waals surface area contributed by atoms with Gasteiger partial charge in [-0.25, -0.2) is 4.79 Å². The Morgan fingerprint density at radius 3 is 2.67 bits per heavy atom. The van der Waals surface area contributed by atoms with E-state index in [1.54, 1.807) is 24.6 Å². The van der Waals surface area contributed by atoms with Crippen LogP contribution in [0.25, 0.3) is 10.9 Å². The summed E-state index contributed by atoms with van der Waals surface area (Å²) >= 11 is 0. The second-order valence-corrected chi connectivity index (χ2v) is 4.15. The van der Waals surface area contributed by atoms with Crippen LogP contribution in [-0.4, -0.2) is 22.9 Å². The van der Waals surface area contributed by atoms with Gasteiger partial charge in [0.25, 0.3) is 5.78 Å². The fraction of sp³-hybridized carbons (Fsp3) is 0.286. The van der Waals surface area contributed by atoms with Gasteiger partial charge in [-0.2, -0.15) is 0 Å². The lowest BCUT2D eigenvalue weighted by Crippen LogP contribution is -2.20. The average molecular weight is 245 g/mol. The molecule has 1 heterocycles. The summed E-state index contributed by atoms with van der Waals surface area (Å²) in [6, 6.07) is 7.54. The number of Topliss-reactive ketones (excluding diaryl/α,β-unsaturated/α-hetero) is 1. The van der Waals surface area contributed by atoms with E-state index in [9.17, 15) is 9.59 Å². The number of aromatic nitrogens is 1. The summed E-state index contributed by atoms with van der Waals surface area (Å²) in [5, 5.41) is 0.949. The van der Waals surface area contributed by atoms with Crippen LogP contribution in [0.15, 0.2) is 24.3 Å². The van der Waals surface area contributed by atoms with Crippen LogP contribution in [0.2, 0.25) is 0 Å². The second kappa shape index (κ2) is 4.64. The Hall–Kier alpha value is -2.10. The number of ether oxygens (including phenoxy) is 1. The van der Waals surface area contributed by atoms with Crippen LogP contribution in [0, 0.1) is 6.92 Å². The van der Waals surface area contributed by atoms with Crippen molar-refractivity contribution in [3.8, 4) is 0 Å². The number of fused-ring (bicyclic) bond motifs is 1. The number of benzene rings is 1. The van der Waals surface area contributed by atoms with Crippen LogP contribution in [-0.2, 0) is 16.6 Å². The van der Waals surface area contributed by atoms with Crippen LogP contribution in [0.5, 0.6) is 0 Å². The Labute approximate surface area is 105 Å². The minimum absolute atomic E-state index is 0.202. The molecule has 18 heavy (non-hydrogen) atoms. The molecule has 2 rings (SSSR count). The molecule has 0 atom stereocenters. The van der Waals surface area contributed by atoms with Crippen molar-refractivity contribution in [1.29, 1.82) is 0 Å². The smallest absolute Gasteiger partial charge is 0.381 e. The molecule has 4 nitrogen and oxygen atoms in total. The minimum Gasteiger partial charge on any atom is -0.460 e. The van der Waals surface area contributed by atoms with E-state index in [2.05, 4.69) is 0 Å². The molecule has 4 heteroatoms. The van der Waals surface area contributed by atoms with Crippen molar-refractivity contribution in [2.75, 3.05) is 6.61 Å². The number of rotatable bonds is 3. The summed E-state index contributed by atoms with van der Waals surface area (Å²) in [7, 11) is 1.78. The van der Waals surface area contributed by atoms with E-state index in [4.69, 9.17) is 4.74 Å². The van der Waals surface area contributed by atoms with Crippen LogP contribution in [0.4, 0.5) is 0 Å². The molecule has 0 aliphatic rings. The summed E-state index contributed by atoms with van der Waals surface area (Å²) in [5.41, 5.74) is 2.39. The molecule has 0 unspecified atom stereocenters. The predicted molar refractivity (Wildman–Crippen MR) is 68.6 cm³/mol. The van der Waals surface area contributed by atoms with Gasteiger partial charge in [0, 0.05) is 12.4 Å². The zero-order chi connectivity index (χ0) is 13.3. The van der Waals surface area contributed by atoms with Crippen LogP contribution >= 0.6 is 0 Å². The lowest BCUT2D eigenvalue weighted by Gasteiger charge is -2.04. The highest BCUT2D eigenvalue weighted by Crippen LogP contribution is 2.22. The van der Waals surface area contributed by atoms with Gasteiger partial charge in [-0.05, 0) is 25.5 Å². The Morgan fingerprint density at radius 1 is 1.33 bits per heavy atom. The van der Waals surface area contributed by atoms with Gasteiger partial charge < -0.3 is 9.30 Å². The van der Waals surface area contributed by atoms with Gasteiger partial charge in [0.15, 0.2) is 0 Å². The maximum absolute atomic E-state index is 11.9. The largest absolute Gasteiger partial charge is 0.460 e. The third kappa shape index (κ3) is 1.90. The second-order valence-electron chi connectivity index (χ2n) is 4.15. The SMILES string of the molecule is CCOC(=O)C(=O)c1cc2cccc(C)c2n1C. The van der Waals surface area contributed by atoms with Gasteiger partial charge in [0.2, 0.25) is 0 Å². The van der Waals surface area contributed by atoms with Crippen molar-refractivity contribution >= 4 is 22.7 Å². The number of esters is 1. The van der Waals surface area contributed by atoms with Crippen molar-refractivity contribution in [1.82, 2.24) is 4.57 Å². The first-order valence-electron chi connectivity index (χ1n) is 5.82. The van der Waals surface area contributed by atoms with Gasteiger partial charge in [0.05, 0.1) is 17.8 Å². The molecular formula is C14H15NO3. The van der Waals surface area contributed by atoms with Crippen molar-refractivity contribution < 1.29 is 14.3 Å². The van der Waals surface area contributed by atoms with Crippen molar-refractivity contribution in [3.05, 3.63) is 35.5 Å². The Kier molecular flexibility index (Phi) is 3.19. The number of ketones is 1. The highest BCUT2D eigenvalue weighted by molar-refractivity contribution is 6.40. The van der Waals surface area contributed by atoms with Gasteiger partial charge >= 0.3 is 5.97 Å². The minimum atomic E-state index is -0.805. The van der Waals surface area contributed by atoms with E-state index in [0.29, 0.717) is 5.69 Å². The molecule has 0 amide bonds. The highest BCUT2D eigenvalue weighted by atomic mass is 16.5. The first-order valence-corrected chi connectivity index (χ1v) is 5.82. The van der Waals surface area contributed by atoms with E-state index >= 15 is 0 Å². The molecule has 0 bridgehead atoms. The van der Waals surface area contributed by atoms with Gasteiger partial charge in [-0.3, -0.25) is 4.79 Å². The first kappa shape index (κ1) is 12.4. The Bertz CT molecular complexity index is 625. The molecule has 0 aliphatic heterocycles. The lowest BCUT2D eigenvalue weighted by molar-refractivity contribution is -0.137. The van der Waals surface area contributed by atoms with E-state index in [1.807, 2.05) is 25.1 Å². The van der Waals surface area contributed by atoms with E-state index in [-0.39, 0.29) is 6.61 Å². The van der Waals surface area contributed by atoms with Crippen LogP contribution in [0.3, 0.4) is 0 Å². The Balaban J connectivity index is 2.53. The zero-order valence-corrected chi connectivity index (χ0v) is 10.7. The molecule has 0 N–H and O–H groups in total. The standard InChI is InChI=1S/C14H15NO3/c1-4-18-14(17)13(16)11-8-10-7-5-6-9(2)12(10)15(11)3/h5-8H,4H2,1-3H3. The van der Waals surface area contributed by atoms with Gasteiger partial charge in [-0.1, -0.05) is 18.2 Å². The summed E-state index contributed by atoms with van der Waals surface area (Å²) in [4.78, 5) is 23.4. The number of carbonyl (C=O) groups excluding carboxylic acids is 2. The number of carbonyl (C=O) groups is 2. The summed E-state index contributed by atoms with van der Waals surface area (Å²) in [5.74, 6) is -1.41. The van der Waals surface area contributed by atoms with E-state index in [1.165, 1.54) is 0 Å². The molecule has 2 aromatic rings. The molecule has 94 valence electrons. The van der Waals surface area contributed by atoms with Gasteiger partial charge in [-0.15, -0.1) is 0 Å². The summed E-state index contributed by atoms with van der Waals surface area (Å²) in [6.45, 7) is 3.85. The maximum Gasteiger partial charge on any atom is 0.381 e. The molecule has 1 aromatic heterocycles. The molecule has 0 aliphatic carbocycles. The summed E-state index contributed by atoms with van der Waals surface area (Å²) < 4.78 is 6.48. The third-order valence-electron chi connectivity index (χ3n) is 2.95. The van der Waals surface area contributed by atoms with E-state index < -0.39 is 11.8 Å². The van der Waals surface area contributed by atoms with Crippen molar-refractivity contribution in [2.45, 2.75) is 13.8 Å². The normalized spacial score (nSPS) is 10.6. The van der Waals surface area contributed by atoms with E-state index in [0.717, 1.165) is 16.5 Å². The van der Waals surface area contributed by atoms with Crippen molar-refractivity contribution in [2.24, 2.45) is 7.05 Å². The number of aryl methyl sites for hydroxylation is 2. The highest BCUT2D eigenvalue weighted by Gasteiger charge is 2.22. The molecular weight excluding hydrogens is 230 g/mol. The lowest BCUT2D eigenvalue weighted by atomic mass is 10.1. The monoisotopic (exact) mass is 245 g/mol. The number of hydrogen-bond donors (Lipinski definition) is 0. The third-order valence-corrected chi connectivity index (χ3v) is 2.95. The fourth-order valence-electron chi connectivity index (χ4n) is 2.14. The Morgan fingerprint density at radius 2 is 2.06 bits per heavy atom. The molecule has 0 radical (unpaired) electrons. The average Bonchev–Trinajstić information content (AvgIpc) is 2.67. The molecule has 0 fully saturated rings.